The Morgan fingerprint density at radius 2 is 2.46 bits per heavy atom. The Morgan fingerprint density at radius 3 is 3.15 bits per heavy atom. The first-order chi connectivity index (χ1) is 6.40. The van der Waals surface area contributed by atoms with E-state index in [1.165, 1.54) is 0 Å². The number of halogens is 1. The Balaban J connectivity index is 2.23. The monoisotopic (exact) mass is 213 g/mol. The Morgan fingerprint density at radius 1 is 1.54 bits per heavy atom. The molecule has 2 aromatic heterocycles. The van der Waals surface area contributed by atoms with Crippen LogP contribution in [0, 0.1) is 0 Å². The summed E-state index contributed by atoms with van der Waals surface area (Å²) in [7, 11) is 0. The molecule has 2 heterocycles. The van der Waals surface area contributed by atoms with Gasteiger partial charge in [-0.15, -0.1) is 11.6 Å². The van der Waals surface area contributed by atoms with Crippen LogP contribution in [0.4, 0.5) is 0 Å². The van der Waals surface area contributed by atoms with E-state index in [9.17, 15) is 0 Å². The van der Waals surface area contributed by atoms with Gasteiger partial charge < -0.3 is 4.42 Å². The molecule has 0 spiro atoms. The van der Waals surface area contributed by atoms with Crippen LogP contribution in [0.1, 0.15) is 5.89 Å². The number of hydrogen-bond donors (Lipinski definition) is 0. The average molecular weight is 214 g/mol. The zero-order chi connectivity index (χ0) is 9.10. The number of aromatic nitrogens is 1. The molecule has 0 aliphatic rings. The lowest BCUT2D eigenvalue weighted by Gasteiger charge is -1.88. The Bertz CT molecular complexity index is 369. The van der Waals surface area contributed by atoms with Gasteiger partial charge in [-0.2, -0.15) is 11.3 Å². The first-order valence-corrected chi connectivity index (χ1v) is 5.41. The van der Waals surface area contributed by atoms with Gasteiger partial charge >= 0.3 is 0 Å². The van der Waals surface area contributed by atoms with Crippen LogP contribution in [-0.4, -0.2) is 10.9 Å². The van der Waals surface area contributed by atoms with Crippen molar-refractivity contribution < 1.29 is 4.42 Å². The van der Waals surface area contributed by atoms with Gasteiger partial charge in [-0.25, -0.2) is 4.98 Å². The molecule has 2 rings (SSSR count). The molecular weight excluding hydrogens is 206 g/mol. The van der Waals surface area contributed by atoms with Gasteiger partial charge in [0, 0.05) is 23.2 Å². The zero-order valence-electron chi connectivity index (χ0n) is 6.87. The molecule has 0 fully saturated rings. The summed E-state index contributed by atoms with van der Waals surface area (Å²) >= 11 is 7.22. The molecule has 0 atom stereocenters. The highest BCUT2D eigenvalue weighted by Crippen LogP contribution is 2.22. The molecule has 13 heavy (non-hydrogen) atoms. The van der Waals surface area contributed by atoms with Crippen molar-refractivity contribution >= 4 is 22.9 Å². The summed E-state index contributed by atoms with van der Waals surface area (Å²) in [4.78, 5) is 4.12. The molecule has 68 valence electrons. The van der Waals surface area contributed by atoms with Crippen molar-refractivity contribution in [1.82, 2.24) is 4.98 Å². The molecule has 2 nitrogen and oxygen atoms in total. The smallest absolute Gasteiger partial charge is 0.196 e. The average Bonchev–Trinajstić information content (AvgIpc) is 2.70. The standard InChI is InChI=1S/C9H8ClNOS/c10-3-1-9-11-5-8(12-9)7-2-4-13-6-7/h2,4-6H,1,3H2. The SMILES string of the molecule is ClCCc1ncc(-c2ccsc2)o1. The first kappa shape index (κ1) is 8.78. The third-order valence-electron chi connectivity index (χ3n) is 1.67. The summed E-state index contributed by atoms with van der Waals surface area (Å²) < 4.78 is 5.48. The predicted octanol–water partition coefficient (Wildman–Crippen LogP) is 3.18. The van der Waals surface area contributed by atoms with Crippen molar-refractivity contribution in [3.8, 4) is 11.3 Å². The van der Waals surface area contributed by atoms with Crippen molar-refractivity contribution in [3.05, 3.63) is 28.9 Å². The normalized spacial score (nSPS) is 10.5. The summed E-state index contributed by atoms with van der Waals surface area (Å²) in [5.74, 6) is 2.07. The highest BCUT2D eigenvalue weighted by molar-refractivity contribution is 7.08. The highest BCUT2D eigenvalue weighted by Gasteiger charge is 2.05. The number of hydrogen-bond acceptors (Lipinski definition) is 3. The van der Waals surface area contributed by atoms with Crippen LogP contribution in [0.25, 0.3) is 11.3 Å². The predicted molar refractivity (Wildman–Crippen MR) is 54.2 cm³/mol. The van der Waals surface area contributed by atoms with Crippen LogP contribution >= 0.6 is 22.9 Å². The van der Waals surface area contributed by atoms with Gasteiger partial charge in [0.05, 0.1) is 6.20 Å². The van der Waals surface area contributed by atoms with Crippen molar-refractivity contribution in [3.63, 3.8) is 0 Å². The minimum atomic E-state index is 0.545. The van der Waals surface area contributed by atoms with Crippen molar-refractivity contribution in [2.24, 2.45) is 0 Å². The molecule has 0 saturated carbocycles. The lowest BCUT2D eigenvalue weighted by Crippen LogP contribution is -1.83. The number of alkyl halides is 1. The van der Waals surface area contributed by atoms with Gasteiger partial charge in [0.1, 0.15) is 0 Å². The quantitative estimate of drug-likeness (QED) is 0.732. The van der Waals surface area contributed by atoms with Crippen LogP contribution in [0.3, 0.4) is 0 Å². The fourth-order valence-corrected chi connectivity index (χ4v) is 1.85. The molecule has 0 radical (unpaired) electrons. The van der Waals surface area contributed by atoms with Crippen LogP contribution in [0.2, 0.25) is 0 Å². The van der Waals surface area contributed by atoms with Gasteiger partial charge in [-0.05, 0) is 11.4 Å². The van der Waals surface area contributed by atoms with E-state index in [-0.39, 0.29) is 0 Å². The van der Waals surface area contributed by atoms with E-state index in [0.717, 1.165) is 11.3 Å². The molecule has 0 aliphatic heterocycles. The number of oxazole rings is 1. The number of rotatable bonds is 3. The molecule has 0 saturated heterocycles. The summed E-state index contributed by atoms with van der Waals surface area (Å²) in [6, 6.07) is 2.01. The minimum absolute atomic E-state index is 0.545. The van der Waals surface area contributed by atoms with E-state index in [1.807, 2.05) is 16.8 Å². The van der Waals surface area contributed by atoms with E-state index in [1.54, 1.807) is 17.5 Å². The summed E-state index contributed by atoms with van der Waals surface area (Å²) in [5, 5.41) is 4.05. The second-order valence-corrected chi connectivity index (χ2v) is 3.73. The third kappa shape index (κ3) is 1.92. The summed E-state index contributed by atoms with van der Waals surface area (Å²) in [5.41, 5.74) is 1.08. The van der Waals surface area contributed by atoms with Crippen LogP contribution in [0.5, 0.6) is 0 Å². The second kappa shape index (κ2) is 3.94. The van der Waals surface area contributed by atoms with Gasteiger partial charge in [0.2, 0.25) is 0 Å². The van der Waals surface area contributed by atoms with E-state index in [4.69, 9.17) is 16.0 Å². The van der Waals surface area contributed by atoms with E-state index < -0.39 is 0 Å². The van der Waals surface area contributed by atoms with Crippen molar-refractivity contribution in [1.29, 1.82) is 0 Å². The summed E-state index contributed by atoms with van der Waals surface area (Å²) in [6.07, 6.45) is 2.43. The van der Waals surface area contributed by atoms with Gasteiger partial charge in [-0.3, -0.25) is 0 Å². The van der Waals surface area contributed by atoms with E-state index in [2.05, 4.69) is 4.98 Å². The Labute approximate surface area is 85.2 Å². The van der Waals surface area contributed by atoms with E-state index in [0.29, 0.717) is 18.2 Å². The van der Waals surface area contributed by atoms with Crippen LogP contribution in [0.15, 0.2) is 27.4 Å². The number of thiophene rings is 1. The highest BCUT2D eigenvalue weighted by atomic mass is 35.5. The maximum atomic E-state index is 5.57. The fraction of sp³-hybridized carbons (Fsp3) is 0.222. The molecule has 4 heteroatoms. The van der Waals surface area contributed by atoms with E-state index >= 15 is 0 Å². The topological polar surface area (TPSA) is 26.0 Å². The second-order valence-electron chi connectivity index (χ2n) is 2.57. The lowest BCUT2D eigenvalue weighted by molar-refractivity contribution is 0.515. The Kier molecular flexibility index (Phi) is 2.66. The number of aryl methyl sites for hydroxylation is 1. The van der Waals surface area contributed by atoms with Crippen LogP contribution in [-0.2, 0) is 6.42 Å². The molecule has 0 amide bonds. The largest absolute Gasteiger partial charge is 0.441 e. The molecule has 0 unspecified atom stereocenters. The fourth-order valence-electron chi connectivity index (χ4n) is 1.04. The van der Waals surface area contributed by atoms with Gasteiger partial charge in [0.15, 0.2) is 11.7 Å². The molecule has 2 aromatic rings. The van der Waals surface area contributed by atoms with Gasteiger partial charge in [-0.1, -0.05) is 0 Å². The first-order valence-electron chi connectivity index (χ1n) is 3.93. The third-order valence-corrected chi connectivity index (χ3v) is 2.54. The van der Waals surface area contributed by atoms with Crippen molar-refractivity contribution in [2.75, 3.05) is 5.88 Å². The molecule has 0 aliphatic carbocycles. The summed E-state index contributed by atoms with van der Waals surface area (Å²) in [6.45, 7) is 0. The molecular formula is C9H8ClNOS. The minimum Gasteiger partial charge on any atom is -0.441 e. The maximum absolute atomic E-state index is 5.57. The molecule has 0 aromatic carbocycles. The maximum Gasteiger partial charge on any atom is 0.196 e. The molecule has 0 N–H and O–H groups in total. The Hall–Kier alpha value is -0.800. The molecule has 0 bridgehead atoms. The number of nitrogens with zero attached hydrogens (tertiary/aromatic N) is 1. The van der Waals surface area contributed by atoms with Crippen molar-refractivity contribution in [2.45, 2.75) is 6.42 Å². The lowest BCUT2D eigenvalue weighted by atomic mass is 10.3. The van der Waals surface area contributed by atoms with Gasteiger partial charge in [0.25, 0.3) is 0 Å². The zero-order valence-corrected chi connectivity index (χ0v) is 8.44. The van der Waals surface area contributed by atoms with Crippen LogP contribution < -0.4 is 0 Å².